The van der Waals surface area contributed by atoms with Crippen LogP contribution in [0.3, 0.4) is 0 Å². The van der Waals surface area contributed by atoms with Gasteiger partial charge >= 0.3 is 0 Å². The van der Waals surface area contributed by atoms with E-state index in [9.17, 15) is 0 Å². The van der Waals surface area contributed by atoms with Gasteiger partial charge in [0.2, 0.25) is 0 Å². The lowest BCUT2D eigenvalue weighted by Gasteiger charge is -2.76. The first-order valence-corrected chi connectivity index (χ1v) is 29.1. The highest BCUT2D eigenvalue weighted by Crippen LogP contribution is 2.89. The average molecular weight is 981 g/mol. The predicted octanol–water partition coefficient (Wildman–Crippen LogP) is 19.3. The SMILES string of the molecule is C1=CC(c2ccccc2N(c2cccc(-c3ccc4c(c3)c3ccccc3n4-c3ccccc3)c2)c2ccccc2-c2ccc3c(c2)C2(c4ccccc4-3)C3CC4CC5CC2C53C4)C2C(=C1)C=CCC2C1CCCCC1. The van der Waals surface area contributed by atoms with Crippen LogP contribution in [0, 0.1) is 46.8 Å². The Labute approximate surface area is 448 Å². The van der Waals surface area contributed by atoms with Gasteiger partial charge in [0.15, 0.2) is 0 Å². The summed E-state index contributed by atoms with van der Waals surface area (Å²) in [6.07, 6.45) is 26.2. The second kappa shape index (κ2) is 16.5. The highest BCUT2D eigenvalue weighted by molar-refractivity contribution is 6.10. The topological polar surface area (TPSA) is 8.17 Å². The van der Waals surface area contributed by atoms with E-state index < -0.39 is 0 Å². The number of hydrogen-bond donors (Lipinski definition) is 0. The largest absolute Gasteiger partial charge is 0.310 e. The van der Waals surface area contributed by atoms with Gasteiger partial charge in [-0.3, -0.25) is 0 Å². The molecule has 0 radical (unpaired) electrons. The molecule has 2 spiro atoms. The maximum absolute atomic E-state index is 2.70. The molecule has 2 heteroatoms. The first-order valence-electron chi connectivity index (χ1n) is 29.1. The number of nitrogens with zero attached hydrogens (tertiary/aromatic N) is 2. The van der Waals surface area contributed by atoms with E-state index >= 15 is 0 Å². The van der Waals surface area contributed by atoms with Crippen LogP contribution in [0.5, 0.6) is 0 Å². The molecule has 370 valence electrons. The van der Waals surface area contributed by atoms with Gasteiger partial charge < -0.3 is 9.47 Å². The molecule has 9 aromatic rings. The molecule has 2 bridgehead atoms. The smallest absolute Gasteiger partial charge is 0.0541 e. The lowest BCUT2D eigenvalue weighted by atomic mass is 9.27. The number of rotatable bonds is 8. The molecule has 9 atom stereocenters. The molecule has 5 fully saturated rings. The summed E-state index contributed by atoms with van der Waals surface area (Å²) in [6.45, 7) is 0. The maximum Gasteiger partial charge on any atom is 0.0541 e. The van der Waals surface area contributed by atoms with Crippen molar-refractivity contribution in [3.05, 3.63) is 241 Å². The molecule has 76 heavy (non-hydrogen) atoms. The van der Waals surface area contributed by atoms with Crippen LogP contribution in [0.2, 0.25) is 0 Å². The lowest BCUT2D eigenvalue weighted by Crippen LogP contribution is -2.73. The molecule has 1 aromatic heterocycles. The number of aromatic nitrogens is 1. The number of para-hydroxylation sites is 4. The third kappa shape index (κ3) is 5.94. The number of allylic oxidation sites excluding steroid dienone is 6. The average Bonchev–Trinajstić information content (AvgIpc) is 2.30. The molecule has 0 amide bonds. The molecular formula is C74H64N2. The van der Waals surface area contributed by atoms with Crippen LogP contribution in [0.4, 0.5) is 17.1 Å². The van der Waals surface area contributed by atoms with Crippen molar-refractivity contribution in [2.24, 2.45) is 46.8 Å². The van der Waals surface area contributed by atoms with Crippen LogP contribution in [-0.4, -0.2) is 4.57 Å². The quantitative estimate of drug-likeness (QED) is 0.147. The number of hydrogen-bond acceptors (Lipinski definition) is 1. The molecule has 8 aliphatic carbocycles. The van der Waals surface area contributed by atoms with Gasteiger partial charge in [0.25, 0.3) is 0 Å². The Bertz CT molecular complexity index is 3930. The molecule has 9 unspecified atom stereocenters. The summed E-state index contributed by atoms with van der Waals surface area (Å²) in [5.41, 5.74) is 22.3. The fourth-order valence-electron chi connectivity index (χ4n) is 18.9. The highest BCUT2D eigenvalue weighted by Gasteiger charge is 2.84. The van der Waals surface area contributed by atoms with Gasteiger partial charge in [-0.25, -0.2) is 0 Å². The van der Waals surface area contributed by atoms with Crippen LogP contribution in [-0.2, 0) is 5.41 Å². The number of fused-ring (bicyclic) bond motifs is 12. The molecule has 2 nitrogen and oxygen atoms in total. The summed E-state index contributed by atoms with van der Waals surface area (Å²) in [5.74, 6) is 5.54. The minimum absolute atomic E-state index is 0.138. The summed E-state index contributed by atoms with van der Waals surface area (Å²) in [6, 6.07) is 72.6. The Morgan fingerprint density at radius 3 is 2.20 bits per heavy atom. The zero-order chi connectivity index (χ0) is 49.7. The minimum Gasteiger partial charge on any atom is -0.310 e. The Morgan fingerprint density at radius 2 is 1.29 bits per heavy atom. The van der Waals surface area contributed by atoms with Crippen LogP contribution >= 0.6 is 0 Å². The Hall–Kier alpha value is -7.42. The Balaban J connectivity index is 0.842. The Morgan fingerprint density at radius 1 is 0.539 bits per heavy atom. The van der Waals surface area contributed by atoms with Gasteiger partial charge in [-0.05, 0) is 190 Å². The van der Waals surface area contributed by atoms with Crippen molar-refractivity contribution in [3.63, 3.8) is 0 Å². The molecule has 8 aliphatic rings. The van der Waals surface area contributed by atoms with Crippen LogP contribution in [0.1, 0.15) is 86.8 Å². The van der Waals surface area contributed by atoms with Crippen molar-refractivity contribution in [2.45, 2.75) is 75.5 Å². The number of anilines is 3. The van der Waals surface area contributed by atoms with Crippen molar-refractivity contribution in [1.29, 1.82) is 0 Å². The molecule has 0 aliphatic heterocycles. The molecule has 5 saturated carbocycles. The van der Waals surface area contributed by atoms with E-state index in [2.05, 4.69) is 228 Å². The van der Waals surface area contributed by atoms with E-state index in [4.69, 9.17) is 0 Å². The zero-order valence-electron chi connectivity index (χ0n) is 43.4. The summed E-state index contributed by atoms with van der Waals surface area (Å²) in [7, 11) is 0. The first-order chi connectivity index (χ1) is 37.7. The van der Waals surface area contributed by atoms with Crippen LogP contribution in [0.25, 0.3) is 60.9 Å². The van der Waals surface area contributed by atoms with Crippen molar-refractivity contribution >= 4 is 38.9 Å². The van der Waals surface area contributed by atoms with Crippen LogP contribution in [0.15, 0.2) is 224 Å². The van der Waals surface area contributed by atoms with Gasteiger partial charge in [-0.1, -0.05) is 190 Å². The van der Waals surface area contributed by atoms with Crippen molar-refractivity contribution in [3.8, 4) is 39.1 Å². The molecular weight excluding hydrogens is 917 g/mol. The second-order valence-electron chi connectivity index (χ2n) is 24.6. The Kier molecular flexibility index (Phi) is 9.53. The number of benzene rings is 8. The summed E-state index contributed by atoms with van der Waals surface area (Å²) >= 11 is 0. The first kappa shape index (κ1) is 43.8. The van der Waals surface area contributed by atoms with E-state index in [1.54, 1.807) is 11.1 Å². The van der Waals surface area contributed by atoms with Gasteiger partial charge in [0, 0.05) is 44.7 Å². The standard InChI is InChI=1S/C74H64N2/c1-3-18-48(19-4-1)57-30-16-20-49-21-17-31-62(72(49)57)60-28-9-13-34-67(60)76(55-25-15-22-50(42-55)51-37-39-69-63(43-51)61-29-10-14-35-68(61)75(69)54-23-5-2-6-24-54)66-33-12-8-26-56(66)52-36-38-59-58-27-7-11-32-64(58)74(65(59)44-52)70-41-47-40-53-45-71(74)73(53,70)46-47/h2,5-17,20-29,31-39,42-44,47-48,53,57,62,70-72H,1,3-4,18-19,30,40-41,45-46H2. The van der Waals surface area contributed by atoms with Crippen LogP contribution < -0.4 is 4.90 Å². The molecule has 0 N–H and O–H groups in total. The summed E-state index contributed by atoms with van der Waals surface area (Å²) in [5, 5.41) is 2.55. The van der Waals surface area contributed by atoms with E-state index in [-0.39, 0.29) is 11.3 Å². The summed E-state index contributed by atoms with van der Waals surface area (Å²) < 4.78 is 2.42. The third-order valence-electron chi connectivity index (χ3n) is 21.6. The van der Waals surface area contributed by atoms with Gasteiger partial charge in [0.05, 0.1) is 16.7 Å². The second-order valence-corrected chi connectivity index (χ2v) is 24.6. The fraction of sp³-hybridized carbons (Fsp3) is 0.270. The molecule has 1 heterocycles. The summed E-state index contributed by atoms with van der Waals surface area (Å²) in [4.78, 5) is 2.66. The normalized spacial score (nSPS) is 28.2. The van der Waals surface area contributed by atoms with E-state index in [1.807, 2.05) is 0 Å². The third-order valence-corrected chi connectivity index (χ3v) is 21.6. The van der Waals surface area contributed by atoms with E-state index in [0.717, 1.165) is 29.6 Å². The van der Waals surface area contributed by atoms with Crippen molar-refractivity contribution in [1.82, 2.24) is 4.57 Å². The maximum atomic E-state index is 2.70. The van der Waals surface area contributed by atoms with Gasteiger partial charge in [-0.2, -0.15) is 0 Å². The zero-order valence-corrected chi connectivity index (χ0v) is 43.4. The highest BCUT2D eigenvalue weighted by atomic mass is 15.1. The lowest BCUT2D eigenvalue weighted by molar-refractivity contribution is -0.231. The van der Waals surface area contributed by atoms with Crippen molar-refractivity contribution in [2.75, 3.05) is 4.90 Å². The van der Waals surface area contributed by atoms with Crippen molar-refractivity contribution < 1.29 is 0 Å². The monoisotopic (exact) mass is 981 g/mol. The van der Waals surface area contributed by atoms with Gasteiger partial charge in [-0.15, -0.1) is 0 Å². The van der Waals surface area contributed by atoms with E-state index in [1.165, 1.54) is 153 Å². The predicted molar refractivity (Wildman–Crippen MR) is 315 cm³/mol. The fourth-order valence-corrected chi connectivity index (χ4v) is 18.9. The van der Waals surface area contributed by atoms with E-state index in [0.29, 0.717) is 17.3 Å². The van der Waals surface area contributed by atoms with Gasteiger partial charge in [0.1, 0.15) is 0 Å². The minimum atomic E-state index is 0.138. The molecule has 0 saturated heterocycles. The molecule has 8 aromatic carbocycles. The molecule has 17 rings (SSSR count).